The largest absolute Gasteiger partial charge is 0.508 e. The van der Waals surface area contributed by atoms with Crippen molar-refractivity contribution in [1.29, 1.82) is 0 Å². The molecular formula is C11H9NO3. The minimum atomic E-state index is -0.444. The molecule has 0 radical (unpaired) electrons. The lowest BCUT2D eigenvalue weighted by atomic mass is 10.1. The van der Waals surface area contributed by atoms with Crippen LogP contribution in [0.2, 0.25) is 0 Å². The van der Waals surface area contributed by atoms with E-state index >= 15 is 0 Å². The van der Waals surface area contributed by atoms with Gasteiger partial charge in [0.2, 0.25) is 0 Å². The molecule has 76 valence electrons. The van der Waals surface area contributed by atoms with Crippen LogP contribution in [0.1, 0.15) is 12.5 Å². The SMILES string of the molecule is CC1=NOC(=O)C1=Cc1ccc(O)cc1. The zero-order valence-corrected chi connectivity index (χ0v) is 8.10. The molecule has 0 atom stereocenters. The van der Waals surface area contributed by atoms with Gasteiger partial charge in [0.15, 0.2) is 0 Å². The van der Waals surface area contributed by atoms with Crippen LogP contribution in [0.5, 0.6) is 5.75 Å². The predicted octanol–water partition coefficient (Wildman–Crippen LogP) is 1.71. The molecule has 15 heavy (non-hydrogen) atoms. The van der Waals surface area contributed by atoms with E-state index in [1.165, 1.54) is 0 Å². The summed E-state index contributed by atoms with van der Waals surface area (Å²) in [5.74, 6) is -0.253. The second-order valence-corrected chi connectivity index (χ2v) is 3.20. The van der Waals surface area contributed by atoms with Gasteiger partial charge < -0.3 is 9.94 Å². The van der Waals surface area contributed by atoms with E-state index in [-0.39, 0.29) is 5.75 Å². The van der Waals surface area contributed by atoms with Crippen LogP contribution < -0.4 is 0 Å². The highest BCUT2D eigenvalue weighted by atomic mass is 16.7. The molecule has 0 bridgehead atoms. The summed E-state index contributed by atoms with van der Waals surface area (Å²) in [6.07, 6.45) is 1.67. The molecule has 0 saturated heterocycles. The minimum absolute atomic E-state index is 0.191. The average Bonchev–Trinajstić information content (AvgIpc) is 2.53. The minimum Gasteiger partial charge on any atom is -0.508 e. The second-order valence-electron chi connectivity index (χ2n) is 3.20. The van der Waals surface area contributed by atoms with E-state index in [4.69, 9.17) is 5.11 Å². The highest BCUT2D eigenvalue weighted by molar-refractivity contribution is 6.24. The lowest BCUT2D eigenvalue weighted by Gasteiger charge is -1.96. The van der Waals surface area contributed by atoms with Crippen LogP contribution in [0.3, 0.4) is 0 Å². The molecule has 1 aromatic rings. The maximum absolute atomic E-state index is 11.2. The van der Waals surface area contributed by atoms with E-state index in [1.807, 2.05) is 0 Å². The number of nitrogens with zero attached hydrogens (tertiary/aromatic N) is 1. The molecule has 4 nitrogen and oxygen atoms in total. The predicted molar refractivity (Wildman–Crippen MR) is 55.3 cm³/mol. The van der Waals surface area contributed by atoms with E-state index in [1.54, 1.807) is 37.3 Å². The van der Waals surface area contributed by atoms with Crippen molar-refractivity contribution in [3.63, 3.8) is 0 Å². The van der Waals surface area contributed by atoms with Crippen molar-refractivity contribution in [2.45, 2.75) is 6.92 Å². The second kappa shape index (κ2) is 3.57. The highest BCUT2D eigenvalue weighted by Crippen LogP contribution is 2.17. The van der Waals surface area contributed by atoms with Crippen LogP contribution in [0, 0.1) is 0 Å². The van der Waals surface area contributed by atoms with Crippen LogP contribution in [-0.4, -0.2) is 16.8 Å². The van der Waals surface area contributed by atoms with Crippen molar-refractivity contribution in [2.75, 3.05) is 0 Å². The lowest BCUT2D eigenvalue weighted by Crippen LogP contribution is -2.01. The Hall–Kier alpha value is -2.10. The number of aromatic hydroxyl groups is 1. The van der Waals surface area contributed by atoms with Crippen LogP contribution in [0.4, 0.5) is 0 Å². The monoisotopic (exact) mass is 203 g/mol. The van der Waals surface area contributed by atoms with E-state index in [9.17, 15) is 4.79 Å². The Morgan fingerprint density at radius 3 is 2.53 bits per heavy atom. The topological polar surface area (TPSA) is 58.9 Å². The molecule has 1 heterocycles. The number of carbonyl (C=O) groups is 1. The molecule has 0 aliphatic carbocycles. The Kier molecular flexibility index (Phi) is 2.25. The Labute approximate surface area is 86.5 Å². The zero-order valence-electron chi connectivity index (χ0n) is 8.10. The lowest BCUT2D eigenvalue weighted by molar-refractivity contribution is -0.136. The summed E-state index contributed by atoms with van der Waals surface area (Å²) in [5.41, 5.74) is 1.82. The summed E-state index contributed by atoms with van der Waals surface area (Å²) in [6.45, 7) is 1.71. The molecule has 2 rings (SSSR count). The quantitative estimate of drug-likeness (QED) is 0.558. The average molecular weight is 203 g/mol. The number of carbonyl (C=O) groups excluding carboxylic acids is 1. The third kappa shape index (κ3) is 1.88. The fourth-order valence-corrected chi connectivity index (χ4v) is 1.26. The first-order chi connectivity index (χ1) is 7.16. The molecule has 0 unspecified atom stereocenters. The molecule has 0 aromatic heterocycles. The van der Waals surface area contributed by atoms with E-state index in [0.717, 1.165) is 5.56 Å². The molecule has 0 fully saturated rings. The third-order valence-corrected chi connectivity index (χ3v) is 2.08. The summed E-state index contributed by atoms with van der Waals surface area (Å²) in [6, 6.07) is 6.53. The Balaban J connectivity index is 2.34. The van der Waals surface area contributed by atoms with Crippen molar-refractivity contribution in [3.8, 4) is 5.75 Å². The number of phenolic OH excluding ortho intramolecular Hbond substituents is 1. The number of benzene rings is 1. The van der Waals surface area contributed by atoms with Crippen LogP contribution >= 0.6 is 0 Å². The smallest absolute Gasteiger partial charge is 0.367 e. The number of oxime groups is 1. The van der Waals surface area contributed by atoms with Crippen LogP contribution in [0.25, 0.3) is 6.08 Å². The zero-order chi connectivity index (χ0) is 10.8. The van der Waals surface area contributed by atoms with Gasteiger partial charge >= 0.3 is 5.97 Å². The Morgan fingerprint density at radius 1 is 1.33 bits per heavy atom. The molecule has 1 N–H and O–H groups in total. The first kappa shape index (κ1) is 9.45. The molecule has 0 saturated carbocycles. The standard InChI is InChI=1S/C11H9NO3/c1-7-10(11(14)15-12-7)6-8-2-4-9(13)5-3-8/h2-6,13H,1H3. The molecule has 4 heteroatoms. The summed E-state index contributed by atoms with van der Waals surface area (Å²) >= 11 is 0. The summed E-state index contributed by atoms with van der Waals surface area (Å²) < 4.78 is 0. The molecular weight excluding hydrogens is 194 g/mol. The molecule has 1 aromatic carbocycles. The van der Waals surface area contributed by atoms with Gasteiger partial charge in [-0.2, -0.15) is 0 Å². The highest BCUT2D eigenvalue weighted by Gasteiger charge is 2.21. The van der Waals surface area contributed by atoms with Gasteiger partial charge in [-0.1, -0.05) is 17.3 Å². The number of hydrogen-bond acceptors (Lipinski definition) is 4. The van der Waals surface area contributed by atoms with E-state index in [0.29, 0.717) is 11.3 Å². The molecule has 1 aliphatic rings. The normalized spacial score (nSPS) is 17.8. The van der Waals surface area contributed by atoms with Crippen LogP contribution in [-0.2, 0) is 9.63 Å². The maximum atomic E-state index is 11.2. The van der Waals surface area contributed by atoms with Gasteiger partial charge in [-0.25, -0.2) is 4.79 Å². The first-order valence-electron chi connectivity index (χ1n) is 4.44. The number of phenols is 1. The Morgan fingerprint density at radius 2 is 2.00 bits per heavy atom. The maximum Gasteiger partial charge on any atom is 0.367 e. The van der Waals surface area contributed by atoms with Crippen molar-refractivity contribution >= 4 is 17.8 Å². The van der Waals surface area contributed by atoms with Gasteiger partial charge in [0.1, 0.15) is 5.75 Å². The van der Waals surface area contributed by atoms with Gasteiger partial charge in [-0.3, -0.25) is 0 Å². The fourth-order valence-electron chi connectivity index (χ4n) is 1.26. The summed E-state index contributed by atoms with van der Waals surface area (Å²) in [7, 11) is 0. The third-order valence-electron chi connectivity index (χ3n) is 2.08. The van der Waals surface area contributed by atoms with E-state index in [2.05, 4.69) is 9.99 Å². The number of hydrogen-bond donors (Lipinski definition) is 1. The summed E-state index contributed by atoms with van der Waals surface area (Å²) in [5, 5.41) is 12.6. The van der Waals surface area contributed by atoms with Crippen molar-refractivity contribution in [3.05, 3.63) is 35.4 Å². The van der Waals surface area contributed by atoms with Gasteiger partial charge in [0.05, 0.1) is 11.3 Å². The van der Waals surface area contributed by atoms with Gasteiger partial charge in [0, 0.05) is 0 Å². The first-order valence-corrected chi connectivity index (χ1v) is 4.44. The van der Waals surface area contributed by atoms with Crippen molar-refractivity contribution in [1.82, 2.24) is 0 Å². The van der Waals surface area contributed by atoms with Gasteiger partial charge in [0.25, 0.3) is 0 Å². The Bertz CT molecular complexity index is 457. The van der Waals surface area contributed by atoms with E-state index < -0.39 is 5.97 Å². The summed E-state index contributed by atoms with van der Waals surface area (Å²) in [4.78, 5) is 15.7. The van der Waals surface area contributed by atoms with Crippen molar-refractivity contribution < 1.29 is 14.7 Å². The molecule has 1 aliphatic heterocycles. The molecule has 0 spiro atoms. The molecule has 0 amide bonds. The van der Waals surface area contributed by atoms with Gasteiger partial charge in [-0.15, -0.1) is 0 Å². The number of rotatable bonds is 1. The van der Waals surface area contributed by atoms with Crippen molar-refractivity contribution in [2.24, 2.45) is 5.16 Å². The van der Waals surface area contributed by atoms with Gasteiger partial charge in [-0.05, 0) is 30.7 Å². The fraction of sp³-hybridized carbons (Fsp3) is 0.0909. The van der Waals surface area contributed by atoms with Crippen LogP contribution in [0.15, 0.2) is 35.0 Å².